The van der Waals surface area contributed by atoms with E-state index in [2.05, 4.69) is 0 Å². The molecule has 1 heterocycles. The minimum atomic E-state index is -0.755. The molecular formula is C18H16ClN3O6. The average Bonchev–Trinajstić information content (AvgIpc) is 2.97. The van der Waals surface area contributed by atoms with Crippen molar-refractivity contribution in [3.63, 3.8) is 0 Å². The first-order chi connectivity index (χ1) is 13.3. The van der Waals surface area contributed by atoms with Gasteiger partial charge < -0.3 is 14.1 Å². The summed E-state index contributed by atoms with van der Waals surface area (Å²) in [5.74, 6) is -0.457. The third-order valence-electron chi connectivity index (χ3n) is 4.09. The fourth-order valence-corrected chi connectivity index (χ4v) is 2.66. The molecule has 10 heteroatoms. The SMILES string of the molecule is CN(CCOc1ccc(Cl)cc1)C(=O)Cn1c(=O)oc2cc([N+](=O)[O-])ccc21. The molecule has 0 saturated carbocycles. The molecule has 0 unspecified atom stereocenters. The number of carbonyl (C=O) groups excluding carboxylic acids is 1. The van der Waals surface area contributed by atoms with Crippen molar-refractivity contribution in [2.75, 3.05) is 20.2 Å². The van der Waals surface area contributed by atoms with Crippen LogP contribution in [0.3, 0.4) is 0 Å². The number of oxazole rings is 1. The van der Waals surface area contributed by atoms with Crippen LogP contribution in [0.1, 0.15) is 0 Å². The van der Waals surface area contributed by atoms with Gasteiger partial charge in [-0.05, 0) is 30.3 Å². The second-order valence-corrected chi connectivity index (χ2v) is 6.42. The molecule has 1 aromatic heterocycles. The van der Waals surface area contributed by atoms with Gasteiger partial charge in [0.05, 0.1) is 23.1 Å². The molecule has 0 aliphatic heterocycles. The second kappa shape index (κ2) is 8.13. The summed E-state index contributed by atoms with van der Waals surface area (Å²) in [4.78, 5) is 36.1. The number of halogens is 1. The van der Waals surface area contributed by atoms with Gasteiger partial charge in [-0.25, -0.2) is 4.79 Å². The van der Waals surface area contributed by atoms with E-state index in [0.717, 1.165) is 10.6 Å². The zero-order valence-corrected chi connectivity index (χ0v) is 15.6. The van der Waals surface area contributed by atoms with Crippen molar-refractivity contribution in [3.8, 4) is 5.75 Å². The van der Waals surface area contributed by atoms with Crippen LogP contribution >= 0.6 is 11.6 Å². The minimum absolute atomic E-state index is 0.0562. The Labute approximate surface area is 163 Å². The number of nitro groups is 1. The molecule has 3 aromatic rings. The number of nitrogens with zero attached hydrogens (tertiary/aromatic N) is 3. The maximum Gasteiger partial charge on any atom is 0.420 e. The number of aromatic nitrogens is 1. The van der Waals surface area contributed by atoms with Gasteiger partial charge in [-0.1, -0.05) is 11.6 Å². The number of benzene rings is 2. The lowest BCUT2D eigenvalue weighted by Gasteiger charge is -2.17. The maximum atomic E-state index is 12.4. The topological polar surface area (TPSA) is 108 Å². The van der Waals surface area contributed by atoms with E-state index in [9.17, 15) is 19.7 Å². The van der Waals surface area contributed by atoms with Crippen molar-refractivity contribution < 1.29 is 18.9 Å². The highest BCUT2D eigenvalue weighted by atomic mass is 35.5. The fraction of sp³-hybridized carbons (Fsp3) is 0.222. The highest BCUT2D eigenvalue weighted by Gasteiger charge is 2.18. The van der Waals surface area contributed by atoms with Crippen molar-refractivity contribution >= 4 is 34.3 Å². The van der Waals surface area contributed by atoms with Gasteiger partial charge in [-0.2, -0.15) is 0 Å². The Hall–Kier alpha value is -3.33. The smallest absolute Gasteiger partial charge is 0.420 e. The molecule has 0 N–H and O–H groups in total. The normalized spacial score (nSPS) is 10.8. The standard InChI is InChI=1S/C18H16ClN3O6/c1-20(8-9-27-14-5-2-12(19)3-6-14)17(23)11-21-15-7-4-13(22(25)26)10-16(15)28-18(21)24/h2-7,10H,8-9,11H2,1H3. The van der Waals surface area contributed by atoms with Crippen LogP contribution in [-0.4, -0.2) is 40.5 Å². The summed E-state index contributed by atoms with van der Waals surface area (Å²) in [6.07, 6.45) is 0. The zero-order valence-electron chi connectivity index (χ0n) is 14.8. The summed E-state index contributed by atoms with van der Waals surface area (Å²) in [5, 5.41) is 11.4. The van der Waals surface area contributed by atoms with Crippen molar-refractivity contribution in [3.05, 3.63) is 68.2 Å². The molecule has 0 aliphatic carbocycles. The van der Waals surface area contributed by atoms with E-state index in [0.29, 0.717) is 22.8 Å². The van der Waals surface area contributed by atoms with Gasteiger partial charge >= 0.3 is 5.76 Å². The van der Waals surface area contributed by atoms with Crippen LogP contribution < -0.4 is 10.5 Å². The second-order valence-electron chi connectivity index (χ2n) is 5.98. The number of amides is 1. The van der Waals surface area contributed by atoms with Crippen molar-refractivity contribution in [1.29, 1.82) is 0 Å². The number of fused-ring (bicyclic) bond motifs is 1. The van der Waals surface area contributed by atoms with E-state index in [4.69, 9.17) is 20.8 Å². The molecule has 9 nitrogen and oxygen atoms in total. The molecule has 0 atom stereocenters. The molecule has 0 saturated heterocycles. The maximum absolute atomic E-state index is 12.4. The number of hydrogen-bond donors (Lipinski definition) is 0. The Morgan fingerprint density at radius 1 is 1.29 bits per heavy atom. The first-order valence-electron chi connectivity index (χ1n) is 8.25. The zero-order chi connectivity index (χ0) is 20.3. The van der Waals surface area contributed by atoms with E-state index < -0.39 is 10.7 Å². The van der Waals surface area contributed by atoms with E-state index in [-0.39, 0.29) is 30.3 Å². The number of ether oxygens (including phenoxy) is 1. The van der Waals surface area contributed by atoms with E-state index >= 15 is 0 Å². The summed E-state index contributed by atoms with van der Waals surface area (Å²) in [7, 11) is 1.59. The van der Waals surface area contributed by atoms with Gasteiger partial charge in [-0.3, -0.25) is 19.5 Å². The van der Waals surface area contributed by atoms with Crippen LogP contribution in [0.15, 0.2) is 51.7 Å². The molecule has 0 spiro atoms. The summed E-state index contributed by atoms with van der Waals surface area (Å²) >= 11 is 5.81. The Bertz CT molecular complexity index is 1070. The highest BCUT2D eigenvalue weighted by Crippen LogP contribution is 2.20. The first-order valence-corrected chi connectivity index (χ1v) is 8.63. The number of rotatable bonds is 7. The predicted molar refractivity (Wildman–Crippen MR) is 102 cm³/mol. The van der Waals surface area contributed by atoms with Gasteiger partial charge in [0.2, 0.25) is 5.91 Å². The monoisotopic (exact) mass is 405 g/mol. The molecular weight excluding hydrogens is 390 g/mol. The minimum Gasteiger partial charge on any atom is -0.492 e. The number of likely N-dealkylation sites (N-methyl/N-ethyl adjacent to an activating group) is 1. The van der Waals surface area contributed by atoms with Crippen molar-refractivity contribution in [1.82, 2.24) is 9.47 Å². The molecule has 28 heavy (non-hydrogen) atoms. The summed E-state index contributed by atoms with van der Waals surface area (Å²) < 4.78 is 11.7. The molecule has 0 bridgehead atoms. The van der Waals surface area contributed by atoms with Crippen LogP contribution in [0.25, 0.3) is 11.1 Å². The van der Waals surface area contributed by atoms with Crippen LogP contribution in [0.2, 0.25) is 5.02 Å². The largest absolute Gasteiger partial charge is 0.492 e. The third kappa shape index (κ3) is 4.32. The first kappa shape index (κ1) is 19.4. The van der Waals surface area contributed by atoms with Crippen molar-refractivity contribution in [2.24, 2.45) is 0 Å². The predicted octanol–water partition coefficient (Wildman–Crippen LogP) is 2.69. The Morgan fingerprint density at radius 3 is 2.68 bits per heavy atom. The van der Waals surface area contributed by atoms with Gasteiger partial charge in [-0.15, -0.1) is 0 Å². The summed E-state index contributed by atoms with van der Waals surface area (Å²) in [5.41, 5.74) is 0.173. The molecule has 0 aliphatic rings. The lowest BCUT2D eigenvalue weighted by atomic mass is 10.3. The lowest BCUT2D eigenvalue weighted by Crippen LogP contribution is -2.35. The Balaban J connectivity index is 1.63. The average molecular weight is 406 g/mol. The summed E-state index contributed by atoms with van der Waals surface area (Å²) in [6, 6.07) is 10.6. The number of hydrogen-bond acceptors (Lipinski definition) is 6. The molecule has 146 valence electrons. The fourth-order valence-electron chi connectivity index (χ4n) is 2.53. The van der Waals surface area contributed by atoms with Gasteiger partial charge in [0.15, 0.2) is 5.58 Å². The van der Waals surface area contributed by atoms with Gasteiger partial charge in [0.1, 0.15) is 18.9 Å². The van der Waals surface area contributed by atoms with E-state index in [1.54, 1.807) is 31.3 Å². The van der Waals surface area contributed by atoms with E-state index in [1.807, 2.05) is 0 Å². The molecule has 0 fully saturated rings. The van der Waals surface area contributed by atoms with Crippen LogP contribution in [-0.2, 0) is 11.3 Å². The number of nitro benzene ring substituents is 1. The number of carbonyl (C=O) groups is 1. The Kier molecular flexibility index (Phi) is 5.65. The van der Waals surface area contributed by atoms with Gasteiger partial charge in [0.25, 0.3) is 5.69 Å². The van der Waals surface area contributed by atoms with Gasteiger partial charge in [0, 0.05) is 18.1 Å². The Morgan fingerprint density at radius 2 is 2.00 bits per heavy atom. The lowest BCUT2D eigenvalue weighted by molar-refractivity contribution is -0.384. The number of non-ortho nitro benzene ring substituents is 1. The quantitative estimate of drug-likeness (QED) is 0.441. The van der Waals surface area contributed by atoms with Crippen LogP contribution in [0, 0.1) is 10.1 Å². The third-order valence-corrected chi connectivity index (χ3v) is 4.34. The molecule has 1 amide bonds. The highest BCUT2D eigenvalue weighted by molar-refractivity contribution is 6.30. The van der Waals surface area contributed by atoms with E-state index in [1.165, 1.54) is 17.0 Å². The summed E-state index contributed by atoms with van der Waals surface area (Å²) in [6.45, 7) is 0.315. The van der Waals surface area contributed by atoms with Crippen LogP contribution in [0.5, 0.6) is 5.75 Å². The molecule has 3 rings (SSSR count). The van der Waals surface area contributed by atoms with Crippen molar-refractivity contribution in [2.45, 2.75) is 6.54 Å². The van der Waals surface area contributed by atoms with Crippen LogP contribution in [0.4, 0.5) is 5.69 Å². The molecule has 0 radical (unpaired) electrons. The molecule has 2 aromatic carbocycles.